The number of carbonyl (C=O) groups excluding carboxylic acids is 1. The molecule has 4 nitrogen and oxygen atoms in total. The van der Waals surface area contributed by atoms with Crippen LogP contribution in [0.3, 0.4) is 0 Å². The lowest BCUT2D eigenvalue weighted by Crippen LogP contribution is -3.27. The van der Waals surface area contributed by atoms with Gasteiger partial charge in [-0.3, -0.25) is 0 Å². The summed E-state index contributed by atoms with van der Waals surface area (Å²) >= 11 is 0. The van der Waals surface area contributed by atoms with Crippen molar-refractivity contribution in [3.05, 3.63) is 35.6 Å². The Bertz CT molecular complexity index is 459. The van der Waals surface area contributed by atoms with Gasteiger partial charge in [0.1, 0.15) is 44.6 Å². The van der Waals surface area contributed by atoms with Crippen molar-refractivity contribution >= 4 is 5.97 Å². The van der Waals surface area contributed by atoms with E-state index in [1.165, 1.54) is 17.0 Å². The summed E-state index contributed by atoms with van der Waals surface area (Å²) in [5, 5.41) is 0. The van der Waals surface area contributed by atoms with Gasteiger partial charge in [-0.25, -0.2) is 9.18 Å². The van der Waals surface area contributed by atoms with Crippen molar-refractivity contribution < 1.29 is 23.7 Å². The lowest BCUT2D eigenvalue weighted by molar-refractivity contribution is -1.00. The van der Waals surface area contributed by atoms with E-state index in [1.807, 2.05) is 6.92 Å². The van der Waals surface area contributed by atoms with Crippen molar-refractivity contribution in [2.75, 3.05) is 39.8 Å². The van der Waals surface area contributed by atoms with Gasteiger partial charge in [-0.2, -0.15) is 0 Å². The van der Waals surface area contributed by atoms with Gasteiger partial charge in [0.25, 0.3) is 0 Å². The summed E-state index contributed by atoms with van der Waals surface area (Å²) in [7, 11) is 2.19. The maximum absolute atomic E-state index is 13.5. The minimum absolute atomic E-state index is 0.0113. The van der Waals surface area contributed by atoms with Crippen molar-refractivity contribution in [1.29, 1.82) is 0 Å². The van der Waals surface area contributed by atoms with Crippen LogP contribution < -0.4 is 9.80 Å². The number of ether oxygens (including phenoxy) is 1. The van der Waals surface area contributed by atoms with E-state index in [-0.39, 0.29) is 11.7 Å². The Morgan fingerprint density at radius 1 is 1.30 bits per heavy atom. The molecule has 0 radical (unpaired) electrons. The molecule has 1 saturated heterocycles. The summed E-state index contributed by atoms with van der Waals surface area (Å²) in [6.07, 6.45) is -0.199. The van der Waals surface area contributed by atoms with Crippen molar-refractivity contribution in [3.8, 4) is 0 Å². The third-order valence-electron chi connectivity index (χ3n) is 3.79. The molecule has 0 aromatic heterocycles. The molecule has 1 aromatic carbocycles. The Kier molecular flexibility index (Phi) is 5.09. The van der Waals surface area contributed by atoms with E-state index in [0.717, 1.165) is 32.7 Å². The predicted molar refractivity (Wildman–Crippen MR) is 73.5 cm³/mol. The number of rotatable bonds is 4. The first kappa shape index (κ1) is 14.9. The first-order valence-electron chi connectivity index (χ1n) is 7.16. The highest BCUT2D eigenvalue weighted by Gasteiger charge is 2.24. The Morgan fingerprint density at radius 3 is 2.60 bits per heavy atom. The average molecular weight is 282 g/mol. The topological polar surface area (TPSA) is 35.2 Å². The number of hydrogen-bond acceptors (Lipinski definition) is 2. The van der Waals surface area contributed by atoms with Gasteiger partial charge in [-0.15, -0.1) is 0 Å². The first-order valence-corrected chi connectivity index (χ1v) is 7.16. The molecular formula is C15H23FN2O2+2. The lowest BCUT2D eigenvalue weighted by Gasteiger charge is -2.28. The van der Waals surface area contributed by atoms with E-state index in [0.29, 0.717) is 0 Å². The smallest absolute Gasteiger partial charge is 0.341 e. The maximum atomic E-state index is 13.5. The quantitative estimate of drug-likeness (QED) is 0.680. The van der Waals surface area contributed by atoms with Crippen LogP contribution in [0.4, 0.5) is 4.39 Å². The van der Waals surface area contributed by atoms with Crippen LogP contribution in [0.1, 0.15) is 17.3 Å². The molecule has 1 atom stereocenters. The summed E-state index contributed by atoms with van der Waals surface area (Å²) in [5.41, 5.74) is 0.0113. The van der Waals surface area contributed by atoms with Gasteiger partial charge >= 0.3 is 5.97 Å². The average Bonchev–Trinajstić information content (AvgIpc) is 2.41. The van der Waals surface area contributed by atoms with Crippen molar-refractivity contribution in [2.45, 2.75) is 13.0 Å². The second kappa shape index (κ2) is 6.81. The third kappa shape index (κ3) is 4.02. The number of hydrogen-bond donors (Lipinski definition) is 2. The van der Waals surface area contributed by atoms with Crippen molar-refractivity contribution in [2.24, 2.45) is 0 Å². The van der Waals surface area contributed by atoms with E-state index >= 15 is 0 Å². The number of likely N-dealkylation sites (N-methyl/N-ethyl adjacent to an activating group) is 1. The van der Waals surface area contributed by atoms with Gasteiger partial charge in [0.2, 0.25) is 0 Å². The summed E-state index contributed by atoms with van der Waals surface area (Å²) in [4.78, 5) is 14.9. The molecule has 1 heterocycles. The largest absolute Gasteiger partial charge is 0.453 e. The molecule has 20 heavy (non-hydrogen) atoms. The molecule has 0 aliphatic carbocycles. The standard InChI is InChI=1S/C15H21FN2O2/c1-12(11-18-9-7-17(2)8-10-18)20-15(19)13-5-3-4-6-14(13)16/h3-6,12H,7-11H2,1-2H3/p+2/t12-/m0/s1. The van der Waals surface area contributed by atoms with Crippen LogP contribution in [0.25, 0.3) is 0 Å². The molecule has 0 unspecified atom stereocenters. The van der Waals surface area contributed by atoms with Crippen LogP contribution in [0, 0.1) is 5.82 Å². The molecule has 1 aliphatic heterocycles. The Labute approximate surface area is 119 Å². The molecule has 2 N–H and O–H groups in total. The fourth-order valence-electron chi connectivity index (χ4n) is 2.56. The summed E-state index contributed by atoms with van der Waals surface area (Å²) in [5.74, 6) is -1.10. The number of nitrogens with one attached hydrogen (secondary N) is 2. The molecule has 0 spiro atoms. The van der Waals surface area contributed by atoms with E-state index < -0.39 is 11.8 Å². The number of piperazine rings is 1. The molecule has 5 heteroatoms. The van der Waals surface area contributed by atoms with E-state index in [1.54, 1.807) is 17.0 Å². The van der Waals surface area contributed by atoms with Gasteiger partial charge < -0.3 is 14.5 Å². The maximum Gasteiger partial charge on any atom is 0.341 e. The zero-order chi connectivity index (χ0) is 14.5. The van der Waals surface area contributed by atoms with Crippen LogP contribution in [0.5, 0.6) is 0 Å². The number of esters is 1. The molecule has 1 aromatic rings. The molecular weight excluding hydrogens is 259 g/mol. The zero-order valence-electron chi connectivity index (χ0n) is 12.1. The lowest BCUT2D eigenvalue weighted by atomic mass is 10.2. The molecule has 1 aliphatic rings. The van der Waals surface area contributed by atoms with Crippen LogP contribution in [0.15, 0.2) is 24.3 Å². The fraction of sp³-hybridized carbons (Fsp3) is 0.533. The van der Waals surface area contributed by atoms with Crippen LogP contribution >= 0.6 is 0 Å². The minimum Gasteiger partial charge on any atom is -0.453 e. The number of halogens is 1. The highest BCUT2D eigenvalue weighted by atomic mass is 19.1. The minimum atomic E-state index is -0.574. The molecule has 0 bridgehead atoms. The molecule has 0 saturated carbocycles. The number of quaternary nitrogens is 2. The molecule has 2 rings (SSSR count). The van der Waals surface area contributed by atoms with Crippen LogP contribution in [-0.4, -0.2) is 51.8 Å². The Morgan fingerprint density at radius 2 is 1.95 bits per heavy atom. The Hall–Kier alpha value is -1.46. The number of benzene rings is 1. The summed E-state index contributed by atoms with van der Waals surface area (Å²) in [6, 6.07) is 5.93. The van der Waals surface area contributed by atoms with Gasteiger partial charge in [0, 0.05) is 0 Å². The highest BCUT2D eigenvalue weighted by Crippen LogP contribution is 2.08. The summed E-state index contributed by atoms with van der Waals surface area (Å²) in [6.45, 7) is 7.12. The van der Waals surface area contributed by atoms with Crippen molar-refractivity contribution in [3.63, 3.8) is 0 Å². The monoisotopic (exact) mass is 282 g/mol. The fourth-order valence-corrected chi connectivity index (χ4v) is 2.56. The van der Waals surface area contributed by atoms with E-state index in [4.69, 9.17) is 4.74 Å². The Balaban J connectivity index is 1.84. The van der Waals surface area contributed by atoms with Crippen LogP contribution in [0.2, 0.25) is 0 Å². The van der Waals surface area contributed by atoms with Gasteiger partial charge in [-0.05, 0) is 19.1 Å². The first-order chi connectivity index (χ1) is 9.56. The van der Waals surface area contributed by atoms with Gasteiger partial charge in [0.15, 0.2) is 0 Å². The van der Waals surface area contributed by atoms with Crippen LogP contribution in [-0.2, 0) is 4.74 Å². The zero-order valence-corrected chi connectivity index (χ0v) is 12.1. The normalized spacial score (nSPS) is 24.1. The van der Waals surface area contributed by atoms with E-state index in [2.05, 4.69) is 7.05 Å². The summed E-state index contributed by atoms with van der Waals surface area (Å²) < 4.78 is 18.8. The van der Waals surface area contributed by atoms with Crippen molar-refractivity contribution in [1.82, 2.24) is 0 Å². The highest BCUT2D eigenvalue weighted by molar-refractivity contribution is 5.89. The predicted octanol–water partition coefficient (Wildman–Crippen LogP) is -1.22. The second-order valence-electron chi connectivity index (χ2n) is 5.61. The third-order valence-corrected chi connectivity index (χ3v) is 3.79. The molecule has 110 valence electrons. The van der Waals surface area contributed by atoms with Gasteiger partial charge in [-0.1, -0.05) is 12.1 Å². The number of carbonyl (C=O) groups is 1. The SMILES string of the molecule is C[C@@H](C[NH+]1CC[NH+](C)CC1)OC(=O)c1ccccc1F. The molecule has 0 amide bonds. The molecule has 1 fully saturated rings. The van der Waals surface area contributed by atoms with Gasteiger partial charge in [0.05, 0.1) is 12.6 Å². The second-order valence-corrected chi connectivity index (χ2v) is 5.61. The van der Waals surface area contributed by atoms with E-state index in [9.17, 15) is 9.18 Å².